The number of carbonyl (C=O) groups excluding carboxylic acids is 1. The number of benzene rings is 1. The van der Waals surface area contributed by atoms with E-state index < -0.39 is 16.6 Å². The summed E-state index contributed by atoms with van der Waals surface area (Å²) in [6.07, 6.45) is 4.93. The fraction of sp³-hybridized carbons (Fsp3) is 0.231. The number of rotatable bonds is 5. The highest BCUT2D eigenvalue weighted by atomic mass is 19.1. The molecule has 1 amide bonds. The van der Waals surface area contributed by atoms with Crippen LogP contribution >= 0.6 is 0 Å². The number of amides is 1. The number of hydrogen-bond acceptors (Lipinski definition) is 4. The maximum absolute atomic E-state index is 13.6. The van der Waals surface area contributed by atoms with Crippen LogP contribution in [0.3, 0.4) is 0 Å². The molecule has 0 bridgehead atoms. The first-order valence-electron chi connectivity index (χ1n) is 6.18. The Hall–Kier alpha value is -2.77. The second kappa shape index (κ2) is 6.12. The molecule has 1 unspecified atom stereocenters. The zero-order valence-corrected chi connectivity index (χ0v) is 11.2. The third kappa shape index (κ3) is 3.62. The summed E-state index contributed by atoms with van der Waals surface area (Å²) >= 11 is 0. The lowest BCUT2D eigenvalue weighted by Crippen LogP contribution is -2.35. The number of imidazole rings is 1. The molecule has 1 aromatic carbocycles. The topological polar surface area (TPSA) is 90.1 Å². The Balaban J connectivity index is 2.09. The number of nitrogens with one attached hydrogen (secondary N) is 1. The predicted octanol–water partition coefficient (Wildman–Crippen LogP) is 1.75. The standard InChI is InChI=1S/C13H13FN4O3/c1-9(7-17-5-4-15-8-17)16-13(19)11-6-10(18(20)21)2-3-12(11)14/h2-6,8-9H,7H2,1H3,(H,16,19). The lowest BCUT2D eigenvalue weighted by molar-refractivity contribution is -0.384. The molecular formula is C13H13FN4O3. The Kier molecular flexibility index (Phi) is 4.27. The summed E-state index contributed by atoms with van der Waals surface area (Å²) in [6, 6.07) is 2.56. The smallest absolute Gasteiger partial charge is 0.270 e. The maximum Gasteiger partial charge on any atom is 0.270 e. The zero-order chi connectivity index (χ0) is 15.4. The van der Waals surface area contributed by atoms with Crippen molar-refractivity contribution in [2.24, 2.45) is 0 Å². The first-order chi connectivity index (χ1) is 9.97. The van der Waals surface area contributed by atoms with E-state index in [-0.39, 0.29) is 17.3 Å². The van der Waals surface area contributed by atoms with Crippen molar-refractivity contribution in [1.82, 2.24) is 14.9 Å². The number of aromatic nitrogens is 2. The van der Waals surface area contributed by atoms with Crippen LogP contribution < -0.4 is 5.32 Å². The van der Waals surface area contributed by atoms with Crippen molar-refractivity contribution in [2.45, 2.75) is 19.5 Å². The Labute approximate surface area is 119 Å². The first kappa shape index (κ1) is 14.6. The highest BCUT2D eigenvalue weighted by Crippen LogP contribution is 2.16. The van der Waals surface area contributed by atoms with Gasteiger partial charge < -0.3 is 9.88 Å². The summed E-state index contributed by atoms with van der Waals surface area (Å²) in [6.45, 7) is 2.20. The molecule has 0 aliphatic carbocycles. The Morgan fingerprint density at radius 1 is 1.57 bits per heavy atom. The number of carbonyl (C=O) groups is 1. The minimum Gasteiger partial charge on any atom is -0.348 e. The summed E-state index contributed by atoms with van der Waals surface area (Å²) in [4.78, 5) is 25.8. The molecule has 1 atom stereocenters. The molecule has 0 fully saturated rings. The highest BCUT2D eigenvalue weighted by Gasteiger charge is 2.18. The van der Waals surface area contributed by atoms with Crippen LogP contribution in [0.2, 0.25) is 0 Å². The molecule has 0 saturated carbocycles. The molecule has 2 rings (SSSR count). The molecule has 0 radical (unpaired) electrons. The fourth-order valence-corrected chi connectivity index (χ4v) is 1.86. The van der Waals surface area contributed by atoms with Crippen LogP contribution in [0.5, 0.6) is 0 Å². The van der Waals surface area contributed by atoms with E-state index >= 15 is 0 Å². The van der Waals surface area contributed by atoms with E-state index in [2.05, 4.69) is 10.3 Å². The van der Waals surface area contributed by atoms with Gasteiger partial charge in [0.1, 0.15) is 5.82 Å². The van der Waals surface area contributed by atoms with Crippen LogP contribution in [0.25, 0.3) is 0 Å². The van der Waals surface area contributed by atoms with Gasteiger partial charge in [-0.15, -0.1) is 0 Å². The quantitative estimate of drug-likeness (QED) is 0.671. The molecule has 1 aromatic heterocycles. The summed E-state index contributed by atoms with van der Waals surface area (Å²) in [7, 11) is 0. The lowest BCUT2D eigenvalue weighted by Gasteiger charge is -2.14. The molecule has 0 spiro atoms. The SMILES string of the molecule is CC(Cn1ccnc1)NC(=O)c1cc([N+](=O)[O-])ccc1F. The van der Waals surface area contributed by atoms with Crippen molar-refractivity contribution in [3.05, 3.63) is 58.4 Å². The number of halogens is 1. The van der Waals surface area contributed by atoms with Gasteiger partial charge in [-0.3, -0.25) is 14.9 Å². The number of nitro benzene ring substituents is 1. The lowest BCUT2D eigenvalue weighted by atomic mass is 10.1. The molecule has 0 aliphatic rings. The second-order valence-corrected chi connectivity index (χ2v) is 4.56. The van der Waals surface area contributed by atoms with Gasteiger partial charge in [-0.1, -0.05) is 0 Å². The van der Waals surface area contributed by atoms with Crippen molar-refractivity contribution in [1.29, 1.82) is 0 Å². The highest BCUT2D eigenvalue weighted by molar-refractivity contribution is 5.95. The predicted molar refractivity (Wildman–Crippen MR) is 72.2 cm³/mol. The van der Waals surface area contributed by atoms with Gasteiger partial charge in [0.15, 0.2) is 0 Å². The second-order valence-electron chi connectivity index (χ2n) is 4.56. The fourth-order valence-electron chi connectivity index (χ4n) is 1.86. The molecule has 110 valence electrons. The van der Waals surface area contributed by atoms with Crippen molar-refractivity contribution < 1.29 is 14.1 Å². The van der Waals surface area contributed by atoms with E-state index in [1.807, 2.05) is 0 Å². The van der Waals surface area contributed by atoms with Crippen LogP contribution in [0.1, 0.15) is 17.3 Å². The summed E-state index contributed by atoms with van der Waals surface area (Å²) in [5.41, 5.74) is -0.675. The maximum atomic E-state index is 13.6. The first-order valence-corrected chi connectivity index (χ1v) is 6.18. The van der Waals surface area contributed by atoms with Gasteiger partial charge in [0.2, 0.25) is 0 Å². The van der Waals surface area contributed by atoms with Gasteiger partial charge >= 0.3 is 0 Å². The van der Waals surface area contributed by atoms with Crippen LogP contribution in [0.15, 0.2) is 36.9 Å². The normalized spacial score (nSPS) is 11.9. The molecule has 21 heavy (non-hydrogen) atoms. The van der Waals surface area contributed by atoms with E-state index in [4.69, 9.17) is 0 Å². The minimum absolute atomic E-state index is 0.287. The molecule has 1 heterocycles. The van der Waals surface area contributed by atoms with Crippen LogP contribution in [0.4, 0.5) is 10.1 Å². The number of nitro groups is 1. The Morgan fingerprint density at radius 2 is 2.33 bits per heavy atom. The van der Waals surface area contributed by atoms with Crippen molar-refractivity contribution in [3.63, 3.8) is 0 Å². The van der Waals surface area contributed by atoms with Gasteiger partial charge in [-0.05, 0) is 13.0 Å². The molecule has 8 heteroatoms. The van der Waals surface area contributed by atoms with Gasteiger partial charge in [0.25, 0.3) is 11.6 Å². The van der Waals surface area contributed by atoms with E-state index in [1.165, 1.54) is 0 Å². The average molecular weight is 292 g/mol. The molecule has 0 saturated heterocycles. The van der Waals surface area contributed by atoms with E-state index in [0.717, 1.165) is 18.2 Å². The molecule has 7 nitrogen and oxygen atoms in total. The number of non-ortho nitro benzene ring substituents is 1. The third-order valence-corrected chi connectivity index (χ3v) is 2.83. The average Bonchev–Trinajstić information content (AvgIpc) is 2.91. The van der Waals surface area contributed by atoms with E-state index in [1.54, 1.807) is 30.2 Å². The van der Waals surface area contributed by atoms with Crippen molar-refractivity contribution in [3.8, 4) is 0 Å². The van der Waals surface area contributed by atoms with Gasteiger partial charge in [-0.2, -0.15) is 0 Å². The van der Waals surface area contributed by atoms with E-state index in [0.29, 0.717) is 6.54 Å². The monoisotopic (exact) mass is 292 g/mol. The van der Waals surface area contributed by atoms with Crippen molar-refractivity contribution in [2.75, 3.05) is 0 Å². The van der Waals surface area contributed by atoms with Gasteiger partial charge in [0, 0.05) is 37.1 Å². The summed E-state index contributed by atoms with van der Waals surface area (Å²) in [5, 5.41) is 13.3. The molecule has 2 aromatic rings. The van der Waals surface area contributed by atoms with Crippen LogP contribution in [0, 0.1) is 15.9 Å². The zero-order valence-electron chi connectivity index (χ0n) is 11.2. The largest absolute Gasteiger partial charge is 0.348 e. The van der Waals surface area contributed by atoms with E-state index in [9.17, 15) is 19.3 Å². The Morgan fingerprint density at radius 3 is 2.95 bits per heavy atom. The third-order valence-electron chi connectivity index (χ3n) is 2.83. The van der Waals surface area contributed by atoms with Crippen molar-refractivity contribution >= 4 is 11.6 Å². The molecule has 1 N–H and O–H groups in total. The molecular weight excluding hydrogens is 279 g/mol. The Bertz CT molecular complexity index is 657. The number of nitrogens with zero attached hydrogens (tertiary/aromatic N) is 3. The minimum atomic E-state index is -0.798. The van der Waals surface area contributed by atoms with Crippen LogP contribution in [-0.4, -0.2) is 26.4 Å². The van der Waals surface area contributed by atoms with Gasteiger partial charge in [0.05, 0.1) is 16.8 Å². The summed E-state index contributed by atoms with van der Waals surface area (Å²) < 4.78 is 15.4. The van der Waals surface area contributed by atoms with Crippen LogP contribution in [-0.2, 0) is 6.54 Å². The summed E-state index contributed by atoms with van der Waals surface area (Å²) in [5.74, 6) is -1.49. The molecule has 0 aliphatic heterocycles. The number of hydrogen-bond donors (Lipinski definition) is 1. The van der Waals surface area contributed by atoms with Gasteiger partial charge in [-0.25, -0.2) is 9.37 Å².